The molecule has 1 amide bonds. The van der Waals surface area contributed by atoms with E-state index in [4.69, 9.17) is 4.98 Å². The fourth-order valence-corrected chi connectivity index (χ4v) is 5.13. The standard InChI is InChI=1S/C23H21FN4O2S2/c1-14-15(2)32-21-20(14)22(30)28(12-17-8-5-6-10-25-17)23(27-21)31-13-19(29)26-11-16-7-3-4-9-18(16)24/h3-10H,11-13H2,1-2H3,(H,26,29). The van der Waals surface area contributed by atoms with E-state index in [9.17, 15) is 14.0 Å². The number of benzene rings is 1. The Balaban J connectivity index is 1.58. The van der Waals surface area contributed by atoms with Gasteiger partial charge >= 0.3 is 0 Å². The van der Waals surface area contributed by atoms with Crippen molar-refractivity contribution in [2.24, 2.45) is 0 Å². The summed E-state index contributed by atoms with van der Waals surface area (Å²) >= 11 is 2.65. The minimum absolute atomic E-state index is 0.0535. The number of pyridine rings is 1. The molecule has 4 rings (SSSR count). The smallest absolute Gasteiger partial charge is 0.263 e. The maximum Gasteiger partial charge on any atom is 0.263 e. The summed E-state index contributed by atoms with van der Waals surface area (Å²) in [5.74, 6) is -0.575. The van der Waals surface area contributed by atoms with E-state index in [1.54, 1.807) is 29.0 Å². The zero-order chi connectivity index (χ0) is 22.7. The van der Waals surface area contributed by atoms with E-state index in [0.29, 0.717) is 20.9 Å². The summed E-state index contributed by atoms with van der Waals surface area (Å²) in [4.78, 5) is 36.4. The minimum atomic E-state index is -0.361. The number of nitrogens with one attached hydrogen (secondary N) is 1. The van der Waals surface area contributed by atoms with Gasteiger partial charge in [0.15, 0.2) is 5.16 Å². The van der Waals surface area contributed by atoms with Crippen molar-refractivity contribution < 1.29 is 9.18 Å². The summed E-state index contributed by atoms with van der Waals surface area (Å²) in [6.45, 7) is 4.25. The van der Waals surface area contributed by atoms with Crippen LogP contribution in [0.15, 0.2) is 58.6 Å². The lowest BCUT2D eigenvalue weighted by Crippen LogP contribution is -2.27. The third-order valence-electron chi connectivity index (χ3n) is 5.07. The SMILES string of the molecule is Cc1sc2nc(SCC(=O)NCc3ccccc3F)n(Cc3ccccn3)c(=O)c2c1C. The molecule has 1 aromatic carbocycles. The third kappa shape index (κ3) is 4.73. The van der Waals surface area contributed by atoms with E-state index in [1.807, 2.05) is 32.0 Å². The number of rotatable bonds is 7. The van der Waals surface area contributed by atoms with Crippen molar-refractivity contribution in [3.05, 3.63) is 86.5 Å². The Morgan fingerprint density at radius 3 is 2.72 bits per heavy atom. The third-order valence-corrected chi connectivity index (χ3v) is 7.14. The molecule has 164 valence electrons. The van der Waals surface area contributed by atoms with Gasteiger partial charge in [-0.15, -0.1) is 11.3 Å². The Morgan fingerprint density at radius 1 is 1.19 bits per heavy atom. The Bertz CT molecular complexity index is 1340. The van der Waals surface area contributed by atoms with Crippen molar-refractivity contribution in [2.45, 2.75) is 32.1 Å². The highest BCUT2D eigenvalue weighted by Crippen LogP contribution is 2.28. The first kappa shape index (κ1) is 22.2. The molecule has 0 bridgehead atoms. The molecule has 4 aromatic rings. The molecule has 0 fully saturated rings. The average Bonchev–Trinajstić information content (AvgIpc) is 3.08. The molecule has 0 spiro atoms. The van der Waals surface area contributed by atoms with Crippen LogP contribution in [0.3, 0.4) is 0 Å². The van der Waals surface area contributed by atoms with Crippen LogP contribution < -0.4 is 10.9 Å². The maximum absolute atomic E-state index is 13.8. The van der Waals surface area contributed by atoms with Gasteiger partial charge in [-0.25, -0.2) is 9.37 Å². The Kier molecular flexibility index (Phi) is 6.66. The number of hydrogen-bond donors (Lipinski definition) is 1. The zero-order valence-corrected chi connectivity index (χ0v) is 19.2. The average molecular weight is 469 g/mol. The molecule has 0 radical (unpaired) electrons. The van der Waals surface area contributed by atoms with Gasteiger partial charge in [0.25, 0.3) is 5.56 Å². The molecule has 0 atom stereocenters. The van der Waals surface area contributed by atoms with Gasteiger partial charge in [-0.05, 0) is 37.6 Å². The van der Waals surface area contributed by atoms with Crippen LogP contribution in [-0.2, 0) is 17.9 Å². The van der Waals surface area contributed by atoms with Crippen molar-refractivity contribution >= 4 is 39.2 Å². The molecule has 3 heterocycles. The summed E-state index contributed by atoms with van der Waals surface area (Å²) in [5.41, 5.74) is 1.93. The highest BCUT2D eigenvalue weighted by Gasteiger charge is 2.18. The minimum Gasteiger partial charge on any atom is -0.351 e. The normalized spacial score (nSPS) is 11.1. The predicted molar refractivity (Wildman–Crippen MR) is 126 cm³/mol. The molecule has 6 nitrogen and oxygen atoms in total. The maximum atomic E-state index is 13.8. The van der Waals surface area contributed by atoms with Gasteiger partial charge < -0.3 is 5.32 Å². The van der Waals surface area contributed by atoms with Crippen LogP contribution in [0.4, 0.5) is 4.39 Å². The number of nitrogens with zero attached hydrogens (tertiary/aromatic N) is 3. The van der Waals surface area contributed by atoms with Crippen molar-refractivity contribution in [3.8, 4) is 0 Å². The number of amides is 1. The van der Waals surface area contributed by atoms with Gasteiger partial charge in [-0.3, -0.25) is 19.1 Å². The van der Waals surface area contributed by atoms with Gasteiger partial charge in [-0.2, -0.15) is 0 Å². The molecule has 1 N–H and O–H groups in total. The van der Waals surface area contributed by atoms with Crippen LogP contribution in [-0.4, -0.2) is 26.2 Å². The molecule has 32 heavy (non-hydrogen) atoms. The van der Waals surface area contributed by atoms with Gasteiger partial charge in [0.1, 0.15) is 10.6 Å². The number of thiophene rings is 1. The Morgan fingerprint density at radius 2 is 1.97 bits per heavy atom. The van der Waals surface area contributed by atoms with Gasteiger partial charge in [0, 0.05) is 23.2 Å². The van der Waals surface area contributed by atoms with E-state index in [-0.39, 0.29) is 36.1 Å². The second kappa shape index (κ2) is 9.62. The van der Waals surface area contributed by atoms with Crippen LogP contribution in [0.1, 0.15) is 21.7 Å². The first-order valence-electron chi connectivity index (χ1n) is 9.97. The molecular weight excluding hydrogens is 447 g/mol. The second-order valence-corrected chi connectivity index (χ2v) is 9.37. The van der Waals surface area contributed by atoms with Crippen LogP contribution in [0, 0.1) is 19.7 Å². The van der Waals surface area contributed by atoms with E-state index in [1.165, 1.54) is 29.2 Å². The van der Waals surface area contributed by atoms with Gasteiger partial charge in [0.2, 0.25) is 5.91 Å². The Labute approximate surface area is 192 Å². The van der Waals surface area contributed by atoms with E-state index >= 15 is 0 Å². The molecular formula is C23H21FN4O2S2. The lowest BCUT2D eigenvalue weighted by molar-refractivity contribution is -0.118. The van der Waals surface area contributed by atoms with Crippen LogP contribution in [0.25, 0.3) is 10.2 Å². The first-order valence-corrected chi connectivity index (χ1v) is 11.8. The number of hydrogen-bond acceptors (Lipinski definition) is 6. The number of fused-ring (bicyclic) bond motifs is 1. The molecule has 3 aromatic heterocycles. The summed E-state index contributed by atoms with van der Waals surface area (Å²) in [6, 6.07) is 11.8. The van der Waals surface area contributed by atoms with Gasteiger partial charge in [0.05, 0.1) is 23.4 Å². The number of aryl methyl sites for hydroxylation is 2. The summed E-state index contributed by atoms with van der Waals surface area (Å²) in [7, 11) is 0. The summed E-state index contributed by atoms with van der Waals surface area (Å²) in [6.07, 6.45) is 1.68. The van der Waals surface area contributed by atoms with Crippen molar-refractivity contribution in [1.29, 1.82) is 0 Å². The van der Waals surface area contributed by atoms with Crippen LogP contribution in [0.5, 0.6) is 0 Å². The fourth-order valence-electron chi connectivity index (χ4n) is 3.23. The lowest BCUT2D eigenvalue weighted by Gasteiger charge is -2.12. The first-order chi connectivity index (χ1) is 15.4. The van der Waals surface area contributed by atoms with E-state index in [0.717, 1.165) is 16.1 Å². The largest absolute Gasteiger partial charge is 0.351 e. The topological polar surface area (TPSA) is 76.9 Å². The zero-order valence-electron chi connectivity index (χ0n) is 17.6. The number of thioether (sulfide) groups is 1. The fraction of sp³-hybridized carbons (Fsp3) is 0.217. The molecule has 9 heteroatoms. The number of halogens is 1. The number of aromatic nitrogens is 3. The molecule has 0 aliphatic heterocycles. The van der Waals surface area contributed by atoms with Crippen molar-refractivity contribution in [2.75, 3.05) is 5.75 Å². The number of carbonyl (C=O) groups is 1. The Hall–Kier alpha value is -3.04. The van der Waals surface area contributed by atoms with Gasteiger partial charge in [-0.1, -0.05) is 36.0 Å². The molecule has 0 saturated heterocycles. The second-order valence-electron chi connectivity index (χ2n) is 7.23. The van der Waals surface area contributed by atoms with Crippen molar-refractivity contribution in [1.82, 2.24) is 19.9 Å². The van der Waals surface area contributed by atoms with E-state index < -0.39 is 0 Å². The quantitative estimate of drug-likeness (QED) is 0.327. The molecule has 0 saturated carbocycles. The number of carbonyl (C=O) groups excluding carboxylic acids is 1. The summed E-state index contributed by atoms with van der Waals surface area (Å²) in [5, 5.41) is 3.78. The van der Waals surface area contributed by atoms with Crippen LogP contribution in [0.2, 0.25) is 0 Å². The lowest BCUT2D eigenvalue weighted by atomic mass is 10.2. The predicted octanol–water partition coefficient (Wildman–Crippen LogP) is 4.07. The monoisotopic (exact) mass is 468 g/mol. The van der Waals surface area contributed by atoms with Crippen molar-refractivity contribution in [3.63, 3.8) is 0 Å². The summed E-state index contributed by atoms with van der Waals surface area (Å²) < 4.78 is 15.3. The highest BCUT2D eigenvalue weighted by atomic mass is 32.2. The highest BCUT2D eigenvalue weighted by molar-refractivity contribution is 7.99. The van der Waals surface area contributed by atoms with E-state index in [2.05, 4.69) is 10.3 Å². The molecule has 0 aliphatic carbocycles. The molecule has 0 aliphatic rings. The molecule has 0 unspecified atom stereocenters. The van der Waals surface area contributed by atoms with Crippen LogP contribution >= 0.6 is 23.1 Å².